The van der Waals surface area contributed by atoms with E-state index < -0.39 is 0 Å². The van der Waals surface area contributed by atoms with E-state index in [1.165, 1.54) is 5.56 Å². The molecule has 1 aliphatic heterocycles. The third-order valence-corrected chi connectivity index (χ3v) is 5.06. The molecule has 2 N–H and O–H groups in total. The van der Waals surface area contributed by atoms with Crippen LogP contribution in [0.15, 0.2) is 60.8 Å². The minimum atomic E-state index is -0.360. The number of carbonyl (C=O) groups is 2. The predicted molar refractivity (Wildman–Crippen MR) is 111 cm³/mol. The van der Waals surface area contributed by atoms with Crippen LogP contribution in [-0.4, -0.2) is 34.7 Å². The molecule has 0 atom stereocenters. The number of aryl methyl sites for hydroxylation is 2. The Morgan fingerprint density at radius 2 is 1.83 bits per heavy atom. The zero-order chi connectivity index (χ0) is 20.2. The lowest BCUT2D eigenvalue weighted by molar-refractivity contribution is -0.120. The molecule has 0 bridgehead atoms. The van der Waals surface area contributed by atoms with Gasteiger partial charge in [0.2, 0.25) is 0 Å². The van der Waals surface area contributed by atoms with Crippen molar-refractivity contribution < 1.29 is 9.59 Å². The van der Waals surface area contributed by atoms with Gasteiger partial charge in [0.1, 0.15) is 0 Å². The zero-order valence-corrected chi connectivity index (χ0v) is 16.3. The van der Waals surface area contributed by atoms with Gasteiger partial charge in [-0.05, 0) is 61.7 Å². The van der Waals surface area contributed by atoms with E-state index in [2.05, 4.69) is 22.0 Å². The number of fused-ring (bicyclic) bond motifs is 1. The molecule has 7 nitrogen and oxygen atoms in total. The summed E-state index contributed by atoms with van der Waals surface area (Å²) in [5.41, 5.74) is 9.68. The molecular weight excluding hydrogens is 366 g/mol. The Balaban J connectivity index is 1.33. The van der Waals surface area contributed by atoms with Gasteiger partial charge in [0.15, 0.2) is 0 Å². The van der Waals surface area contributed by atoms with Crippen LogP contribution in [0.4, 0.5) is 5.69 Å². The summed E-state index contributed by atoms with van der Waals surface area (Å²) in [6, 6.07) is 17.1. The van der Waals surface area contributed by atoms with Gasteiger partial charge in [0.05, 0.1) is 12.2 Å². The number of hydrazine groups is 1. The molecule has 0 spiro atoms. The molecule has 2 aromatic carbocycles. The van der Waals surface area contributed by atoms with E-state index in [0.29, 0.717) is 5.56 Å². The van der Waals surface area contributed by atoms with Crippen molar-refractivity contribution in [2.75, 3.05) is 18.0 Å². The Hall–Kier alpha value is -3.61. The first kappa shape index (κ1) is 18.7. The monoisotopic (exact) mass is 389 g/mol. The molecule has 148 valence electrons. The van der Waals surface area contributed by atoms with Gasteiger partial charge < -0.3 is 4.90 Å². The van der Waals surface area contributed by atoms with Gasteiger partial charge in [-0.25, -0.2) is 4.68 Å². The Kier molecular flexibility index (Phi) is 5.29. The Morgan fingerprint density at radius 3 is 2.59 bits per heavy atom. The topological polar surface area (TPSA) is 79.3 Å². The predicted octanol–water partition coefficient (Wildman–Crippen LogP) is 2.39. The van der Waals surface area contributed by atoms with Crippen molar-refractivity contribution in [2.45, 2.75) is 19.8 Å². The van der Waals surface area contributed by atoms with Crippen molar-refractivity contribution in [3.8, 4) is 5.69 Å². The molecule has 2 heterocycles. The van der Waals surface area contributed by atoms with Gasteiger partial charge in [-0.1, -0.05) is 18.2 Å². The first-order valence-electron chi connectivity index (χ1n) is 9.65. The SMILES string of the molecule is Cc1ccnn1-c1ccc(C(=O)NNC(=O)CN2CCCc3ccccc32)cc1. The van der Waals surface area contributed by atoms with E-state index in [4.69, 9.17) is 0 Å². The Bertz CT molecular complexity index is 1030. The molecule has 3 aromatic rings. The van der Waals surface area contributed by atoms with Crippen molar-refractivity contribution >= 4 is 17.5 Å². The van der Waals surface area contributed by atoms with Crippen LogP contribution >= 0.6 is 0 Å². The molecule has 0 fully saturated rings. The average molecular weight is 389 g/mol. The van der Waals surface area contributed by atoms with E-state index in [0.717, 1.165) is 36.5 Å². The lowest BCUT2D eigenvalue weighted by Crippen LogP contribution is -2.47. The third kappa shape index (κ3) is 4.13. The van der Waals surface area contributed by atoms with Crippen LogP contribution in [0, 0.1) is 6.92 Å². The van der Waals surface area contributed by atoms with Gasteiger partial charge in [-0.3, -0.25) is 20.4 Å². The smallest absolute Gasteiger partial charge is 0.269 e. The second kappa shape index (κ2) is 8.18. The minimum absolute atomic E-state index is 0.203. The number of hydrogen-bond donors (Lipinski definition) is 2. The molecule has 0 unspecified atom stereocenters. The van der Waals surface area contributed by atoms with Crippen molar-refractivity contribution in [3.63, 3.8) is 0 Å². The quantitative estimate of drug-likeness (QED) is 0.672. The summed E-state index contributed by atoms with van der Waals surface area (Å²) in [6.45, 7) is 2.99. The van der Waals surface area contributed by atoms with Crippen molar-refractivity contribution in [1.82, 2.24) is 20.6 Å². The van der Waals surface area contributed by atoms with E-state index in [9.17, 15) is 9.59 Å². The molecule has 0 saturated carbocycles. The van der Waals surface area contributed by atoms with E-state index in [1.807, 2.05) is 48.2 Å². The summed E-state index contributed by atoms with van der Waals surface area (Å²) >= 11 is 0. The van der Waals surface area contributed by atoms with E-state index >= 15 is 0 Å². The molecule has 0 radical (unpaired) electrons. The number of aromatic nitrogens is 2. The lowest BCUT2D eigenvalue weighted by Gasteiger charge is -2.30. The third-order valence-electron chi connectivity index (χ3n) is 5.06. The molecular formula is C22H23N5O2. The summed E-state index contributed by atoms with van der Waals surface area (Å²) in [5.74, 6) is -0.611. The maximum Gasteiger partial charge on any atom is 0.269 e. The Labute approximate surface area is 169 Å². The maximum absolute atomic E-state index is 12.3. The second-order valence-corrected chi connectivity index (χ2v) is 7.09. The van der Waals surface area contributed by atoms with Crippen molar-refractivity contribution in [2.24, 2.45) is 0 Å². The summed E-state index contributed by atoms with van der Waals surface area (Å²) < 4.78 is 1.79. The summed E-state index contributed by atoms with van der Waals surface area (Å²) in [7, 11) is 0. The number of benzene rings is 2. The van der Waals surface area contributed by atoms with Gasteiger partial charge in [0, 0.05) is 29.7 Å². The highest BCUT2D eigenvalue weighted by atomic mass is 16.2. The molecule has 0 aliphatic carbocycles. The number of nitrogens with one attached hydrogen (secondary N) is 2. The standard InChI is InChI=1S/C22H23N5O2/c1-16-12-13-23-27(16)19-10-8-18(9-11-19)22(29)25-24-21(28)15-26-14-4-6-17-5-2-3-7-20(17)26/h2-3,5,7-13H,4,6,14-15H2,1H3,(H,24,28)(H,25,29). The van der Waals surface area contributed by atoms with E-state index in [1.54, 1.807) is 23.0 Å². The number of anilines is 1. The number of amides is 2. The van der Waals surface area contributed by atoms with Gasteiger partial charge >= 0.3 is 0 Å². The summed E-state index contributed by atoms with van der Waals surface area (Å²) in [5, 5.41) is 4.25. The van der Waals surface area contributed by atoms with Crippen LogP contribution in [0.2, 0.25) is 0 Å². The van der Waals surface area contributed by atoms with Crippen LogP contribution in [0.3, 0.4) is 0 Å². The van der Waals surface area contributed by atoms with Crippen molar-refractivity contribution in [1.29, 1.82) is 0 Å². The van der Waals surface area contributed by atoms with Crippen LogP contribution in [-0.2, 0) is 11.2 Å². The first-order valence-corrected chi connectivity index (χ1v) is 9.65. The second-order valence-electron chi connectivity index (χ2n) is 7.09. The average Bonchev–Trinajstić information content (AvgIpc) is 3.18. The highest BCUT2D eigenvalue weighted by molar-refractivity contribution is 5.96. The molecule has 7 heteroatoms. The lowest BCUT2D eigenvalue weighted by atomic mass is 10.0. The number of nitrogens with zero attached hydrogens (tertiary/aromatic N) is 3. The number of rotatable bonds is 4. The molecule has 2 amide bonds. The molecule has 4 rings (SSSR count). The highest BCUT2D eigenvalue weighted by Crippen LogP contribution is 2.26. The molecule has 1 aliphatic rings. The van der Waals surface area contributed by atoms with Crippen LogP contribution in [0.1, 0.15) is 28.0 Å². The first-order chi connectivity index (χ1) is 14.1. The normalized spacial score (nSPS) is 12.9. The molecule has 29 heavy (non-hydrogen) atoms. The van der Waals surface area contributed by atoms with Crippen LogP contribution < -0.4 is 15.8 Å². The van der Waals surface area contributed by atoms with Gasteiger partial charge in [0.25, 0.3) is 11.8 Å². The van der Waals surface area contributed by atoms with Gasteiger partial charge in [-0.15, -0.1) is 0 Å². The Morgan fingerprint density at radius 1 is 1.03 bits per heavy atom. The fourth-order valence-electron chi connectivity index (χ4n) is 3.58. The minimum Gasteiger partial charge on any atom is -0.362 e. The summed E-state index contributed by atoms with van der Waals surface area (Å²) in [6.07, 6.45) is 3.77. The van der Waals surface area contributed by atoms with Crippen LogP contribution in [0.5, 0.6) is 0 Å². The fourth-order valence-corrected chi connectivity index (χ4v) is 3.58. The largest absolute Gasteiger partial charge is 0.362 e. The zero-order valence-electron chi connectivity index (χ0n) is 16.3. The number of hydrogen-bond acceptors (Lipinski definition) is 4. The number of para-hydroxylation sites is 1. The van der Waals surface area contributed by atoms with Crippen molar-refractivity contribution in [3.05, 3.63) is 77.6 Å². The maximum atomic E-state index is 12.3. The molecule has 0 saturated heterocycles. The van der Waals surface area contributed by atoms with Gasteiger partial charge in [-0.2, -0.15) is 5.10 Å². The van der Waals surface area contributed by atoms with E-state index in [-0.39, 0.29) is 18.4 Å². The highest BCUT2D eigenvalue weighted by Gasteiger charge is 2.19. The fraction of sp³-hybridized carbons (Fsp3) is 0.227. The molecule has 1 aromatic heterocycles. The number of carbonyl (C=O) groups excluding carboxylic acids is 2. The summed E-state index contributed by atoms with van der Waals surface area (Å²) in [4.78, 5) is 26.7. The van der Waals surface area contributed by atoms with Crippen LogP contribution in [0.25, 0.3) is 5.69 Å².